The van der Waals surface area contributed by atoms with Crippen molar-refractivity contribution in [1.29, 1.82) is 0 Å². The normalized spacial score (nSPS) is 11.2. The van der Waals surface area contributed by atoms with E-state index in [1.807, 2.05) is 0 Å². The van der Waals surface area contributed by atoms with Crippen LogP contribution in [0.4, 0.5) is 0 Å². The van der Waals surface area contributed by atoms with Crippen LogP contribution in [0.1, 0.15) is 0 Å². The monoisotopic (exact) mass is 153 g/mol. The quantitative estimate of drug-likeness (QED) is 0.497. The molecule has 0 fully saturated rings. The maximum Gasteiger partial charge on any atom is 0.264 e. The number of carbonyl (C=O) groups excluding carboxylic acids is 1. The average Bonchev–Trinajstić information content (AvgIpc) is 1.59. The van der Waals surface area contributed by atoms with E-state index in [0.717, 1.165) is 6.26 Å². The van der Waals surface area contributed by atoms with Gasteiger partial charge in [0.1, 0.15) is 6.61 Å². The lowest BCUT2D eigenvalue weighted by Gasteiger charge is -1.93. The van der Waals surface area contributed by atoms with Gasteiger partial charge in [-0.3, -0.25) is 8.98 Å². The van der Waals surface area contributed by atoms with E-state index in [-0.39, 0.29) is 0 Å². The summed E-state index contributed by atoms with van der Waals surface area (Å²) < 4.78 is 24.2. The molecule has 0 aromatic heterocycles. The minimum Gasteiger partial charge on any atom is -0.368 e. The van der Waals surface area contributed by atoms with Crippen LogP contribution in [0, 0.1) is 0 Å². The van der Waals surface area contributed by atoms with Crippen LogP contribution in [0.15, 0.2) is 0 Å². The lowest BCUT2D eigenvalue weighted by atomic mass is 10.7. The molecule has 0 spiro atoms. The number of rotatable bonds is 3. The second kappa shape index (κ2) is 2.79. The van der Waals surface area contributed by atoms with Gasteiger partial charge in [0.2, 0.25) is 5.91 Å². The van der Waals surface area contributed by atoms with Crippen molar-refractivity contribution in [3.05, 3.63) is 0 Å². The van der Waals surface area contributed by atoms with Crippen molar-refractivity contribution in [2.45, 2.75) is 0 Å². The molecule has 0 aliphatic rings. The summed E-state index contributed by atoms with van der Waals surface area (Å²) in [5.74, 6) is -0.805. The third-order valence-electron chi connectivity index (χ3n) is 0.415. The van der Waals surface area contributed by atoms with Crippen LogP contribution in [-0.2, 0) is 19.1 Å². The highest BCUT2D eigenvalue weighted by Crippen LogP contribution is 1.83. The predicted octanol–water partition coefficient (Wildman–Crippen LogP) is -1.55. The fourth-order valence-electron chi connectivity index (χ4n) is 0.165. The molecule has 1 amide bonds. The van der Waals surface area contributed by atoms with Crippen LogP contribution in [0.25, 0.3) is 0 Å². The van der Waals surface area contributed by atoms with Crippen LogP contribution in [0.2, 0.25) is 0 Å². The highest BCUT2D eigenvalue weighted by atomic mass is 32.2. The second-order valence-corrected chi connectivity index (χ2v) is 3.08. The minimum atomic E-state index is -3.52. The number of amides is 1. The second-order valence-electron chi connectivity index (χ2n) is 1.43. The molecule has 54 valence electrons. The van der Waals surface area contributed by atoms with E-state index in [4.69, 9.17) is 0 Å². The van der Waals surface area contributed by atoms with Crippen molar-refractivity contribution in [2.24, 2.45) is 5.73 Å². The summed E-state index contributed by atoms with van der Waals surface area (Å²) in [7, 11) is -3.52. The summed E-state index contributed by atoms with van der Waals surface area (Å²) in [4.78, 5) is 9.88. The van der Waals surface area contributed by atoms with Gasteiger partial charge in [-0.15, -0.1) is 0 Å². The van der Waals surface area contributed by atoms with E-state index >= 15 is 0 Å². The predicted molar refractivity (Wildman–Crippen MR) is 30.0 cm³/mol. The molecule has 5 nitrogen and oxygen atoms in total. The van der Waals surface area contributed by atoms with Gasteiger partial charge in [-0.05, 0) is 0 Å². The van der Waals surface area contributed by atoms with E-state index in [1.54, 1.807) is 0 Å². The highest BCUT2D eigenvalue weighted by molar-refractivity contribution is 7.86. The Balaban J connectivity index is 3.67. The molecule has 0 heterocycles. The molecule has 0 unspecified atom stereocenters. The van der Waals surface area contributed by atoms with Crippen molar-refractivity contribution in [3.8, 4) is 0 Å². The lowest BCUT2D eigenvalue weighted by molar-refractivity contribution is -0.119. The van der Waals surface area contributed by atoms with E-state index in [9.17, 15) is 13.2 Å². The average molecular weight is 153 g/mol. The molecule has 0 rings (SSSR count). The summed E-state index contributed by atoms with van der Waals surface area (Å²) in [5, 5.41) is 0. The highest BCUT2D eigenvalue weighted by Gasteiger charge is 2.02. The number of hydrogen-bond acceptors (Lipinski definition) is 4. The van der Waals surface area contributed by atoms with Crippen molar-refractivity contribution in [1.82, 2.24) is 0 Å². The SMILES string of the molecule is CS(=O)(=O)OCC(N)=O. The molecule has 6 heteroatoms. The van der Waals surface area contributed by atoms with Crippen molar-refractivity contribution >= 4 is 16.0 Å². The van der Waals surface area contributed by atoms with Crippen molar-refractivity contribution < 1.29 is 17.4 Å². The summed E-state index contributed by atoms with van der Waals surface area (Å²) in [5.41, 5.74) is 4.57. The Kier molecular flexibility index (Phi) is 2.60. The van der Waals surface area contributed by atoms with E-state index in [2.05, 4.69) is 9.92 Å². The number of carbonyl (C=O) groups is 1. The summed E-state index contributed by atoms with van der Waals surface area (Å²) in [6.07, 6.45) is 0.843. The largest absolute Gasteiger partial charge is 0.368 e. The van der Waals surface area contributed by atoms with Gasteiger partial charge < -0.3 is 5.73 Å². The topological polar surface area (TPSA) is 86.5 Å². The van der Waals surface area contributed by atoms with Crippen LogP contribution in [-0.4, -0.2) is 27.2 Å². The van der Waals surface area contributed by atoms with Gasteiger partial charge in [0.25, 0.3) is 10.1 Å². The Morgan fingerprint density at radius 1 is 1.67 bits per heavy atom. The van der Waals surface area contributed by atoms with Gasteiger partial charge in [0.05, 0.1) is 6.26 Å². The number of primary amides is 1. The zero-order valence-electron chi connectivity index (χ0n) is 4.83. The molecular weight excluding hydrogens is 146 g/mol. The Morgan fingerprint density at radius 2 is 2.11 bits per heavy atom. The van der Waals surface area contributed by atoms with Gasteiger partial charge in [0, 0.05) is 0 Å². The molecule has 0 aromatic rings. The Labute approximate surface area is 52.9 Å². The van der Waals surface area contributed by atoms with Crippen molar-refractivity contribution in [3.63, 3.8) is 0 Å². The van der Waals surface area contributed by atoms with Crippen LogP contribution < -0.4 is 5.73 Å². The first-order chi connectivity index (χ1) is 3.92. The van der Waals surface area contributed by atoms with E-state index in [1.165, 1.54) is 0 Å². The molecule has 0 radical (unpaired) electrons. The minimum absolute atomic E-state index is 0.584. The molecule has 0 atom stereocenters. The zero-order chi connectivity index (χ0) is 7.49. The van der Waals surface area contributed by atoms with Crippen LogP contribution in [0.5, 0.6) is 0 Å². The fourth-order valence-corrected chi connectivity index (χ4v) is 0.495. The molecule has 9 heavy (non-hydrogen) atoms. The van der Waals surface area contributed by atoms with Crippen molar-refractivity contribution in [2.75, 3.05) is 12.9 Å². The van der Waals surface area contributed by atoms with Gasteiger partial charge in [-0.25, -0.2) is 0 Å². The first kappa shape index (κ1) is 8.38. The summed E-state index contributed by atoms with van der Waals surface area (Å²) in [6, 6.07) is 0. The third-order valence-corrected chi connectivity index (χ3v) is 0.961. The molecule has 0 aliphatic carbocycles. The van der Waals surface area contributed by atoms with Gasteiger partial charge in [-0.1, -0.05) is 0 Å². The zero-order valence-corrected chi connectivity index (χ0v) is 5.64. The Morgan fingerprint density at radius 3 is 2.22 bits per heavy atom. The first-order valence-electron chi connectivity index (χ1n) is 2.04. The van der Waals surface area contributed by atoms with E-state index in [0.29, 0.717) is 0 Å². The smallest absolute Gasteiger partial charge is 0.264 e. The maximum atomic E-state index is 10.1. The molecule has 0 bridgehead atoms. The van der Waals surface area contributed by atoms with Gasteiger partial charge in [-0.2, -0.15) is 8.42 Å². The molecular formula is C3H7NO4S. The number of nitrogens with two attached hydrogens (primary N) is 1. The molecule has 0 saturated carbocycles. The maximum absolute atomic E-state index is 10.1. The molecule has 0 saturated heterocycles. The summed E-state index contributed by atoms with van der Waals surface area (Å²) >= 11 is 0. The van der Waals surface area contributed by atoms with E-state index < -0.39 is 22.6 Å². The Hall–Kier alpha value is -0.620. The van der Waals surface area contributed by atoms with Crippen LogP contribution >= 0.6 is 0 Å². The molecule has 0 aromatic carbocycles. The molecule has 0 aliphatic heterocycles. The first-order valence-corrected chi connectivity index (χ1v) is 3.86. The standard InChI is InChI=1S/C3H7NO4S/c1-9(6,7)8-2-3(4)5/h2H2,1H3,(H2,4,5). The Bertz CT molecular complexity index is 194. The lowest BCUT2D eigenvalue weighted by Crippen LogP contribution is -2.20. The number of hydrogen-bond donors (Lipinski definition) is 1. The molecule has 2 N–H and O–H groups in total. The third kappa shape index (κ3) is 7.38. The van der Waals surface area contributed by atoms with Gasteiger partial charge in [0.15, 0.2) is 0 Å². The summed E-state index contributed by atoms with van der Waals surface area (Å²) in [6.45, 7) is -0.584. The van der Waals surface area contributed by atoms with Gasteiger partial charge >= 0.3 is 0 Å². The van der Waals surface area contributed by atoms with Crippen LogP contribution in [0.3, 0.4) is 0 Å². The fraction of sp³-hybridized carbons (Fsp3) is 0.667.